The Labute approximate surface area is 118 Å². The molecule has 2 rings (SSSR count). The fourth-order valence-corrected chi connectivity index (χ4v) is 2.12. The molecule has 0 aliphatic carbocycles. The maximum Gasteiger partial charge on any atom is 0.123 e. The molecule has 1 unspecified atom stereocenters. The Bertz CT molecular complexity index is 551. The smallest absolute Gasteiger partial charge is 0.123 e. The second-order valence-corrected chi connectivity index (χ2v) is 5.16. The van der Waals surface area contributed by atoms with Crippen molar-refractivity contribution >= 4 is 11.6 Å². The summed E-state index contributed by atoms with van der Waals surface area (Å²) in [5.41, 5.74) is 3.27. The van der Waals surface area contributed by atoms with Gasteiger partial charge in [-0.2, -0.15) is 0 Å². The maximum atomic E-state index is 13.0. The highest BCUT2D eigenvalue weighted by atomic mass is 35.5. The van der Waals surface area contributed by atoms with Crippen LogP contribution in [0.2, 0.25) is 5.02 Å². The van der Waals surface area contributed by atoms with Gasteiger partial charge in [-0.3, -0.25) is 0 Å². The third-order valence-corrected chi connectivity index (χ3v) is 3.53. The van der Waals surface area contributed by atoms with Gasteiger partial charge in [-0.25, -0.2) is 4.39 Å². The van der Waals surface area contributed by atoms with Crippen LogP contribution in [0.4, 0.5) is 4.39 Å². The predicted octanol–water partition coefficient (Wildman–Crippen LogP) is 4.64. The van der Waals surface area contributed by atoms with Crippen molar-refractivity contribution in [1.29, 1.82) is 0 Å². The summed E-state index contributed by atoms with van der Waals surface area (Å²) in [5, 5.41) is 4.17. The lowest BCUT2D eigenvalue weighted by molar-refractivity contribution is 0.571. The lowest BCUT2D eigenvalue weighted by atomic mass is 10.1. The zero-order chi connectivity index (χ0) is 13.8. The van der Waals surface area contributed by atoms with E-state index >= 15 is 0 Å². The van der Waals surface area contributed by atoms with Crippen LogP contribution in [0.25, 0.3) is 0 Å². The first-order valence-corrected chi connectivity index (χ1v) is 6.68. The highest BCUT2D eigenvalue weighted by Crippen LogP contribution is 2.17. The Kier molecular flexibility index (Phi) is 4.56. The molecule has 1 nitrogen and oxygen atoms in total. The maximum absolute atomic E-state index is 13.0. The monoisotopic (exact) mass is 277 g/mol. The fraction of sp³-hybridized carbons (Fsp3) is 0.250. The zero-order valence-corrected chi connectivity index (χ0v) is 11.8. The summed E-state index contributed by atoms with van der Waals surface area (Å²) >= 11 is 5.87. The minimum Gasteiger partial charge on any atom is -0.306 e. The first-order valence-electron chi connectivity index (χ1n) is 6.30. The van der Waals surface area contributed by atoms with Crippen LogP contribution in [0, 0.1) is 12.7 Å². The normalized spacial score (nSPS) is 12.4. The van der Waals surface area contributed by atoms with Crippen molar-refractivity contribution in [3.8, 4) is 0 Å². The van der Waals surface area contributed by atoms with Gasteiger partial charge in [0, 0.05) is 17.6 Å². The molecule has 1 N–H and O–H groups in total. The van der Waals surface area contributed by atoms with Crippen LogP contribution >= 0.6 is 11.6 Å². The van der Waals surface area contributed by atoms with Gasteiger partial charge in [-0.15, -0.1) is 0 Å². The summed E-state index contributed by atoms with van der Waals surface area (Å²) in [7, 11) is 0. The third kappa shape index (κ3) is 3.79. The molecule has 0 saturated heterocycles. The topological polar surface area (TPSA) is 12.0 Å². The molecule has 2 aromatic carbocycles. The molecule has 2 aromatic rings. The summed E-state index contributed by atoms with van der Waals surface area (Å²) < 4.78 is 13.0. The molecule has 100 valence electrons. The average molecular weight is 278 g/mol. The van der Waals surface area contributed by atoms with Crippen LogP contribution in [0.1, 0.15) is 29.7 Å². The molecule has 0 spiro atoms. The summed E-state index contributed by atoms with van der Waals surface area (Å²) in [6, 6.07) is 12.9. The number of aryl methyl sites for hydroxylation is 1. The predicted molar refractivity (Wildman–Crippen MR) is 77.8 cm³/mol. The van der Waals surface area contributed by atoms with Gasteiger partial charge in [-0.1, -0.05) is 29.8 Å². The van der Waals surface area contributed by atoms with E-state index in [0.29, 0.717) is 0 Å². The Morgan fingerprint density at radius 3 is 2.47 bits per heavy atom. The van der Waals surface area contributed by atoms with Crippen LogP contribution in [0.15, 0.2) is 42.5 Å². The first-order chi connectivity index (χ1) is 9.06. The second kappa shape index (κ2) is 6.18. The Balaban J connectivity index is 2.00. The Morgan fingerprint density at radius 2 is 1.84 bits per heavy atom. The van der Waals surface area contributed by atoms with Gasteiger partial charge >= 0.3 is 0 Å². The van der Waals surface area contributed by atoms with E-state index in [-0.39, 0.29) is 11.9 Å². The number of halogens is 2. The first kappa shape index (κ1) is 14.0. The molecule has 0 heterocycles. The van der Waals surface area contributed by atoms with Crippen molar-refractivity contribution in [2.45, 2.75) is 26.4 Å². The summed E-state index contributed by atoms with van der Waals surface area (Å²) in [6.07, 6.45) is 0. The molecule has 0 radical (unpaired) electrons. The van der Waals surface area contributed by atoms with Gasteiger partial charge in [0.05, 0.1) is 0 Å². The Morgan fingerprint density at radius 1 is 1.16 bits per heavy atom. The van der Waals surface area contributed by atoms with Crippen LogP contribution < -0.4 is 5.32 Å². The second-order valence-electron chi connectivity index (χ2n) is 4.72. The standard InChI is InChI=1S/C16H17ClFN/c1-11-9-16(18)8-5-14(11)10-19-12(2)13-3-6-15(17)7-4-13/h3-9,12,19H,10H2,1-2H3. The Hall–Kier alpha value is -1.38. The van der Waals surface area contributed by atoms with Gasteiger partial charge in [0.2, 0.25) is 0 Å². The molecule has 0 saturated carbocycles. The lowest BCUT2D eigenvalue weighted by Crippen LogP contribution is -2.18. The number of benzene rings is 2. The number of rotatable bonds is 4. The molecule has 0 bridgehead atoms. The minimum absolute atomic E-state index is 0.188. The summed E-state index contributed by atoms with van der Waals surface area (Å²) in [5.74, 6) is -0.188. The number of hydrogen-bond donors (Lipinski definition) is 1. The van der Waals surface area contributed by atoms with Crippen LogP contribution in [0.5, 0.6) is 0 Å². The number of hydrogen-bond acceptors (Lipinski definition) is 1. The van der Waals surface area contributed by atoms with Crippen LogP contribution in [-0.4, -0.2) is 0 Å². The lowest BCUT2D eigenvalue weighted by Gasteiger charge is -2.15. The van der Waals surface area contributed by atoms with Crippen molar-refractivity contribution < 1.29 is 4.39 Å². The van der Waals surface area contributed by atoms with Crippen molar-refractivity contribution in [3.63, 3.8) is 0 Å². The molecule has 0 fully saturated rings. The molecular weight excluding hydrogens is 261 g/mol. The van der Waals surface area contributed by atoms with Crippen molar-refractivity contribution in [2.75, 3.05) is 0 Å². The molecule has 1 atom stereocenters. The molecule has 0 amide bonds. The van der Waals surface area contributed by atoms with Crippen LogP contribution in [0.3, 0.4) is 0 Å². The van der Waals surface area contributed by atoms with E-state index in [2.05, 4.69) is 12.2 Å². The van der Waals surface area contributed by atoms with Gasteiger partial charge in [0.25, 0.3) is 0 Å². The van der Waals surface area contributed by atoms with E-state index in [0.717, 1.165) is 22.7 Å². The van der Waals surface area contributed by atoms with Gasteiger partial charge in [-0.05, 0) is 54.8 Å². The summed E-state index contributed by atoms with van der Waals surface area (Å²) in [6.45, 7) is 4.74. The zero-order valence-electron chi connectivity index (χ0n) is 11.1. The fourth-order valence-electron chi connectivity index (χ4n) is 1.99. The minimum atomic E-state index is -0.188. The van der Waals surface area contributed by atoms with Crippen molar-refractivity contribution in [3.05, 3.63) is 70.0 Å². The highest BCUT2D eigenvalue weighted by molar-refractivity contribution is 6.30. The van der Waals surface area contributed by atoms with Crippen LogP contribution in [-0.2, 0) is 6.54 Å². The molecular formula is C16H17ClFN. The van der Waals surface area contributed by atoms with E-state index < -0.39 is 0 Å². The largest absolute Gasteiger partial charge is 0.306 e. The van der Waals surface area contributed by atoms with E-state index in [4.69, 9.17) is 11.6 Å². The summed E-state index contributed by atoms with van der Waals surface area (Å²) in [4.78, 5) is 0. The average Bonchev–Trinajstić information content (AvgIpc) is 2.38. The molecule has 0 aliphatic rings. The SMILES string of the molecule is Cc1cc(F)ccc1CNC(C)c1ccc(Cl)cc1. The molecule has 0 aliphatic heterocycles. The van der Waals surface area contributed by atoms with E-state index in [1.807, 2.05) is 37.3 Å². The van der Waals surface area contributed by atoms with E-state index in [9.17, 15) is 4.39 Å². The molecule has 0 aromatic heterocycles. The van der Waals surface area contributed by atoms with Gasteiger partial charge < -0.3 is 5.32 Å². The van der Waals surface area contributed by atoms with Gasteiger partial charge in [0.15, 0.2) is 0 Å². The quantitative estimate of drug-likeness (QED) is 0.858. The van der Waals surface area contributed by atoms with E-state index in [1.165, 1.54) is 11.6 Å². The third-order valence-electron chi connectivity index (χ3n) is 3.27. The van der Waals surface area contributed by atoms with E-state index in [1.54, 1.807) is 6.07 Å². The number of nitrogens with one attached hydrogen (secondary N) is 1. The molecule has 19 heavy (non-hydrogen) atoms. The van der Waals surface area contributed by atoms with Crippen molar-refractivity contribution in [1.82, 2.24) is 5.32 Å². The van der Waals surface area contributed by atoms with Crippen molar-refractivity contribution in [2.24, 2.45) is 0 Å². The highest BCUT2D eigenvalue weighted by Gasteiger charge is 2.06. The van der Waals surface area contributed by atoms with Gasteiger partial charge in [0.1, 0.15) is 5.82 Å². The molecule has 3 heteroatoms.